The molecule has 6 rings (SSSR count). The molecule has 1 saturated heterocycles. The van der Waals surface area contributed by atoms with Crippen LogP contribution in [0.2, 0.25) is 0 Å². The summed E-state index contributed by atoms with van der Waals surface area (Å²) in [4.78, 5) is 32.9. The summed E-state index contributed by atoms with van der Waals surface area (Å²) in [5, 5.41) is 0. The zero-order chi connectivity index (χ0) is 34.9. The number of hydrogen-bond donors (Lipinski definition) is 0. The average molecular weight is 702 g/mol. The molecule has 0 aliphatic carbocycles. The monoisotopic (exact) mass is 701 g/mol. The highest BCUT2D eigenvalue weighted by molar-refractivity contribution is 7.89. The molecule has 0 saturated carbocycles. The van der Waals surface area contributed by atoms with Crippen molar-refractivity contribution in [1.82, 2.24) is 14.2 Å². The van der Waals surface area contributed by atoms with E-state index in [-0.39, 0.29) is 44.5 Å². The third-order valence-electron chi connectivity index (χ3n) is 8.85. The maximum absolute atomic E-state index is 14.4. The lowest BCUT2D eigenvalue weighted by Crippen LogP contribution is -2.52. The van der Waals surface area contributed by atoms with Crippen LogP contribution in [-0.2, 0) is 43.9 Å². The number of hydrogen-bond acceptors (Lipinski definition) is 10. The predicted molar refractivity (Wildman–Crippen MR) is 182 cm³/mol. The van der Waals surface area contributed by atoms with Crippen molar-refractivity contribution in [3.8, 4) is 17.2 Å². The fourth-order valence-corrected chi connectivity index (χ4v) is 7.80. The summed E-state index contributed by atoms with van der Waals surface area (Å²) < 4.78 is 57.8. The molecule has 4 aromatic rings. The van der Waals surface area contributed by atoms with Crippen LogP contribution < -0.4 is 14.2 Å². The SMILES string of the molecule is COc1ccc(S(=O)(=O)N(Cc2ccncc2)[C@@H](C(=O)OCc2ccccc2)C2CCN(C(=O)OCCc3cccc4c3OCO4)CC2)cc1. The molecular formula is C37H39N3O9S. The Labute approximate surface area is 291 Å². The molecule has 0 bridgehead atoms. The molecule has 1 amide bonds. The number of esters is 1. The van der Waals surface area contributed by atoms with Crippen molar-refractivity contribution < 1.29 is 41.7 Å². The molecule has 1 atom stereocenters. The van der Waals surface area contributed by atoms with Crippen LogP contribution in [0, 0.1) is 5.92 Å². The summed E-state index contributed by atoms with van der Waals surface area (Å²) in [6.45, 7) is 0.734. The molecule has 12 nitrogen and oxygen atoms in total. The fourth-order valence-electron chi connectivity index (χ4n) is 6.17. The van der Waals surface area contributed by atoms with E-state index in [1.165, 1.54) is 23.5 Å². The number of methoxy groups -OCH3 is 1. The van der Waals surface area contributed by atoms with E-state index >= 15 is 0 Å². The van der Waals surface area contributed by atoms with E-state index in [0.29, 0.717) is 42.1 Å². The van der Waals surface area contributed by atoms with E-state index in [0.717, 1.165) is 11.1 Å². The van der Waals surface area contributed by atoms with Crippen molar-refractivity contribution >= 4 is 22.1 Å². The molecule has 3 aromatic carbocycles. The Hall–Kier alpha value is -5.14. The van der Waals surface area contributed by atoms with Gasteiger partial charge in [-0.2, -0.15) is 4.31 Å². The van der Waals surface area contributed by atoms with Crippen LogP contribution in [0.1, 0.15) is 29.5 Å². The molecule has 262 valence electrons. The summed E-state index contributed by atoms with van der Waals surface area (Å²) in [6, 6.07) is 23.1. The van der Waals surface area contributed by atoms with Gasteiger partial charge in [-0.3, -0.25) is 9.78 Å². The maximum Gasteiger partial charge on any atom is 0.409 e. The Morgan fingerprint density at radius 2 is 1.64 bits per heavy atom. The minimum absolute atomic E-state index is 0.00949. The number of benzene rings is 3. The van der Waals surface area contributed by atoms with Gasteiger partial charge in [-0.15, -0.1) is 0 Å². The number of carbonyl (C=O) groups excluding carboxylic acids is 2. The van der Waals surface area contributed by atoms with Crippen molar-refractivity contribution in [2.24, 2.45) is 5.92 Å². The van der Waals surface area contributed by atoms with E-state index in [9.17, 15) is 18.0 Å². The second kappa shape index (κ2) is 16.0. The van der Waals surface area contributed by atoms with Gasteiger partial charge in [0.05, 0.1) is 18.6 Å². The summed E-state index contributed by atoms with van der Waals surface area (Å²) in [7, 11) is -2.74. The zero-order valence-electron chi connectivity index (χ0n) is 27.7. The third-order valence-corrected chi connectivity index (χ3v) is 10.7. The molecule has 0 unspecified atom stereocenters. The summed E-state index contributed by atoms with van der Waals surface area (Å²) in [6.07, 6.45) is 3.83. The summed E-state index contributed by atoms with van der Waals surface area (Å²) in [5.74, 6) is 0.705. The number of amides is 1. The number of fused-ring (bicyclic) bond motifs is 1. The Morgan fingerprint density at radius 3 is 2.36 bits per heavy atom. The number of carbonyl (C=O) groups is 2. The predicted octanol–water partition coefficient (Wildman–Crippen LogP) is 5.21. The van der Waals surface area contributed by atoms with Gasteiger partial charge in [0.2, 0.25) is 16.8 Å². The zero-order valence-corrected chi connectivity index (χ0v) is 28.5. The van der Waals surface area contributed by atoms with E-state index < -0.39 is 34.0 Å². The van der Waals surface area contributed by atoms with Crippen LogP contribution in [0.5, 0.6) is 17.2 Å². The normalized spacial score (nSPS) is 15.0. The lowest BCUT2D eigenvalue weighted by molar-refractivity contribution is -0.152. The number of nitrogens with zero attached hydrogens (tertiary/aromatic N) is 3. The number of sulfonamides is 1. The molecule has 0 radical (unpaired) electrons. The van der Waals surface area contributed by atoms with Crippen LogP contribution in [0.25, 0.3) is 0 Å². The highest BCUT2D eigenvalue weighted by atomic mass is 32.2. The second-order valence-electron chi connectivity index (χ2n) is 12.0. The lowest BCUT2D eigenvalue weighted by Gasteiger charge is -2.39. The van der Waals surface area contributed by atoms with Crippen molar-refractivity contribution in [3.05, 3.63) is 114 Å². The summed E-state index contributed by atoms with van der Waals surface area (Å²) in [5.41, 5.74) is 2.31. The van der Waals surface area contributed by atoms with Crippen LogP contribution in [0.15, 0.2) is 102 Å². The lowest BCUT2D eigenvalue weighted by atomic mass is 9.89. The van der Waals surface area contributed by atoms with Gasteiger partial charge in [0, 0.05) is 44.0 Å². The number of ether oxygens (including phenoxy) is 5. The Kier molecular flexibility index (Phi) is 11.1. The highest BCUT2D eigenvalue weighted by Crippen LogP contribution is 2.36. The van der Waals surface area contributed by atoms with Gasteiger partial charge in [0.15, 0.2) is 11.5 Å². The fraction of sp³-hybridized carbons (Fsp3) is 0.324. The van der Waals surface area contributed by atoms with E-state index in [1.54, 1.807) is 41.6 Å². The molecule has 2 aliphatic heterocycles. The van der Waals surface area contributed by atoms with Gasteiger partial charge < -0.3 is 28.6 Å². The van der Waals surface area contributed by atoms with E-state index in [4.69, 9.17) is 23.7 Å². The first-order chi connectivity index (χ1) is 24.3. The van der Waals surface area contributed by atoms with Gasteiger partial charge in [0.1, 0.15) is 18.4 Å². The molecule has 3 heterocycles. The Morgan fingerprint density at radius 1 is 0.900 bits per heavy atom. The number of rotatable bonds is 13. The average Bonchev–Trinajstić information content (AvgIpc) is 3.65. The number of piperidine rings is 1. The van der Waals surface area contributed by atoms with Crippen molar-refractivity contribution in [2.75, 3.05) is 33.6 Å². The smallest absolute Gasteiger partial charge is 0.409 e. The van der Waals surface area contributed by atoms with Crippen molar-refractivity contribution in [1.29, 1.82) is 0 Å². The summed E-state index contributed by atoms with van der Waals surface area (Å²) >= 11 is 0. The topological polar surface area (TPSA) is 134 Å². The molecule has 13 heteroatoms. The Balaban J connectivity index is 1.21. The first kappa shape index (κ1) is 34.7. The third kappa shape index (κ3) is 8.17. The molecule has 2 aliphatic rings. The van der Waals surface area contributed by atoms with Crippen LogP contribution in [-0.4, -0.2) is 74.3 Å². The van der Waals surface area contributed by atoms with Crippen molar-refractivity contribution in [3.63, 3.8) is 0 Å². The van der Waals surface area contributed by atoms with Gasteiger partial charge in [-0.05, 0) is 72.4 Å². The number of para-hydroxylation sites is 1. The first-order valence-electron chi connectivity index (χ1n) is 16.4. The van der Waals surface area contributed by atoms with Gasteiger partial charge in [0.25, 0.3) is 0 Å². The molecule has 0 spiro atoms. The van der Waals surface area contributed by atoms with Crippen LogP contribution >= 0.6 is 0 Å². The van der Waals surface area contributed by atoms with E-state index in [1.807, 2.05) is 48.5 Å². The molecule has 1 fully saturated rings. The van der Waals surface area contributed by atoms with E-state index in [2.05, 4.69) is 4.98 Å². The minimum Gasteiger partial charge on any atom is -0.497 e. The molecular weight excluding hydrogens is 662 g/mol. The number of pyridine rings is 1. The van der Waals surface area contributed by atoms with Gasteiger partial charge >= 0.3 is 12.1 Å². The standard InChI is InChI=1S/C37H39N3O9S/c1-45-31-10-12-32(13-11-31)50(43,44)40(24-27-14-19-38-20-15-27)34(36(41)47-25-28-6-3-2-4-7-28)29-16-21-39(22-17-29)37(42)46-23-18-30-8-5-9-33-35(30)49-26-48-33/h2-15,19-20,29,34H,16-18,21-26H2,1H3/t34-/m1/s1. The van der Waals surface area contributed by atoms with Gasteiger partial charge in [-0.1, -0.05) is 42.5 Å². The Bertz CT molecular complexity index is 1850. The maximum atomic E-state index is 14.4. The number of aromatic nitrogens is 1. The van der Waals surface area contributed by atoms with Crippen LogP contribution in [0.4, 0.5) is 4.79 Å². The number of likely N-dealkylation sites (tertiary alicyclic amines) is 1. The van der Waals surface area contributed by atoms with Gasteiger partial charge in [-0.25, -0.2) is 13.2 Å². The molecule has 50 heavy (non-hydrogen) atoms. The van der Waals surface area contributed by atoms with Crippen LogP contribution in [0.3, 0.4) is 0 Å². The van der Waals surface area contributed by atoms with Crippen molar-refractivity contribution in [2.45, 2.75) is 43.4 Å². The second-order valence-corrected chi connectivity index (χ2v) is 13.8. The first-order valence-corrected chi connectivity index (χ1v) is 17.8. The highest BCUT2D eigenvalue weighted by Gasteiger charge is 2.43. The largest absolute Gasteiger partial charge is 0.497 e. The quantitative estimate of drug-likeness (QED) is 0.171. The minimum atomic E-state index is -4.24. The molecule has 0 N–H and O–H groups in total. The molecule has 1 aromatic heterocycles.